The summed E-state index contributed by atoms with van der Waals surface area (Å²) in [5.74, 6) is 1.27. The summed E-state index contributed by atoms with van der Waals surface area (Å²) in [6.45, 7) is 8.88. The van der Waals surface area contributed by atoms with Gasteiger partial charge in [0.2, 0.25) is 0 Å². The Balaban J connectivity index is 2.43. The molecule has 2 aliphatic carbocycles. The number of fused-ring (bicyclic) bond motifs is 1. The van der Waals surface area contributed by atoms with Gasteiger partial charge < -0.3 is 0 Å². The molecule has 1 heteroatoms. The Morgan fingerprint density at radius 1 is 1.40 bits per heavy atom. The van der Waals surface area contributed by atoms with E-state index in [1.807, 2.05) is 6.92 Å². The van der Waals surface area contributed by atoms with Crippen LogP contribution in [0.2, 0.25) is 0 Å². The SMILES string of the molecule is CC[C@H]1C(=O)C(C)=C2CCCC(C)(C)[C@@H]21. The molecule has 2 rings (SSSR count). The fourth-order valence-electron chi connectivity index (χ4n) is 3.73. The van der Waals surface area contributed by atoms with Gasteiger partial charge >= 0.3 is 0 Å². The normalized spacial score (nSPS) is 34.5. The van der Waals surface area contributed by atoms with Gasteiger partial charge in [0, 0.05) is 5.92 Å². The Bertz CT molecular complexity index is 322. The number of Topliss-reactive ketones (excluding diaryl/α,β-unsaturated/α-hetero) is 1. The van der Waals surface area contributed by atoms with E-state index in [2.05, 4.69) is 20.8 Å². The van der Waals surface area contributed by atoms with E-state index in [0.29, 0.717) is 17.1 Å². The van der Waals surface area contributed by atoms with Crippen molar-refractivity contribution < 1.29 is 4.79 Å². The number of hydrogen-bond donors (Lipinski definition) is 0. The summed E-state index contributed by atoms with van der Waals surface area (Å²) in [6, 6.07) is 0. The molecule has 0 aromatic carbocycles. The minimum Gasteiger partial charge on any atom is -0.294 e. The largest absolute Gasteiger partial charge is 0.294 e. The first-order chi connectivity index (χ1) is 6.99. The van der Waals surface area contributed by atoms with Crippen LogP contribution >= 0.6 is 0 Å². The average molecular weight is 206 g/mol. The number of carbonyl (C=O) groups excluding carboxylic acids is 1. The first-order valence-corrected chi connectivity index (χ1v) is 6.23. The van der Waals surface area contributed by atoms with Crippen LogP contribution in [0.4, 0.5) is 0 Å². The number of carbonyl (C=O) groups is 1. The van der Waals surface area contributed by atoms with Crippen LogP contribution in [0.25, 0.3) is 0 Å². The molecule has 84 valence electrons. The molecule has 0 radical (unpaired) electrons. The van der Waals surface area contributed by atoms with Gasteiger partial charge in [-0.1, -0.05) is 26.3 Å². The van der Waals surface area contributed by atoms with Gasteiger partial charge in [0.05, 0.1) is 0 Å². The summed E-state index contributed by atoms with van der Waals surface area (Å²) in [5.41, 5.74) is 2.92. The fraction of sp³-hybridized carbons (Fsp3) is 0.786. The summed E-state index contributed by atoms with van der Waals surface area (Å²) in [4.78, 5) is 12.1. The molecule has 0 saturated heterocycles. The van der Waals surface area contributed by atoms with Crippen molar-refractivity contribution in [2.45, 2.75) is 53.4 Å². The van der Waals surface area contributed by atoms with Gasteiger partial charge in [-0.2, -0.15) is 0 Å². The molecule has 2 atom stereocenters. The van der Waals surface area contributed by atoms with E-state index >= 15 is 0 Å². The highest BCUT2D eigenvalue weighted by atomic mass is 16.1. The third-order valence-corrected chi connectivity index (χ3v) is 4.51. The maximum atomic E-state index is 12.1. The molecule has 0 aromatic rings. The Morgan fingerprint density at radius 2 is 2.07 bits per heavy atom. The van der Waals surface area contributed by atoms with Crippen LogP contribution in [0.15, 0.2) is 11.1 Å². The summed E-state index contributed by atoms with van der Waals surface area (Å²) in [5, 5.41) is 0. The lowest BCUT2D eigenvalue weighted by atomic mass is 9.63. The van der Waals surface area contributed by atoms with Crippen molar-refractivity contribution in [1.82, 2.24) is 0 Å². The third kappa shape index (κ3) is 1.47. The second kappa shape index (κ2) is 3.47. The van der Waals surface area contributed by atoms with Gasteiger partial charge in [-0.3, -0.25) is 4.79 Å². The molecule has 0 N–H and O–H groups in total. The molecule has 0 spiro atoms. The minimum absolute atomic E-state index is 0.287. The van der Waals surface area contributed by atoms with E-state index in [4.69, 9.17) is 0 Å². The molecule has 15 heavy (non-hydrogen) atoms. The quantitative estimate of drug-likeness (QED) is 0.638. The highest BCUT2D eigenvalue weighted by Gasteiger charge is 2.47. The number of ketones is 1. The van der Waals surface area contributed by atoms with Crippen molar-refractivity contribution in [3.05, 3.63) is 11.1 Å². The monoisotopic (exact) mass is 206 g/mol. The number of rotatable bonds is 1. The van der Waals surface area contributed by atoms with Crippen molar-refractivity contribution in [2.75, 3.05) is 0 Å². The lowest BCUT2D eigenvalue weighted by Crippen LogP contribution is -2.34. The molecule has 1 saturated carbocycles. The third-order valence-electron chi connectivity index (χ3n) is 4.51. The molecule has 0 heterocycles. The van der Waals surface area contributed by atoms with E-state index in [9.17, 15) is 4.79 Å². The molecular formula is C14H22O. The standard InChI is InChI=1S/C14H22O/c1-5-10-12-11(9(2)13(10)15)7-6-8-14(12,3)4/h10,12H,5-8H2,1-4H3/t10-,12-/m1/s1. The lowest BCUT2D eigenvalue weighted by molar-refractivity contribution is -0.120. The van der Waals surface area contributed by atoms with Crippen LogP contribution in [0, 0.1) is 17.3 Å². The van der Waals surface area contributed by atoms with Crippen molar-refractivity contribution >= 4 is 5.78 Å². The summed E-state index contributed by atoms with van der Waals surface area (Å²) in [7, 11) is 0. The Hall–Kier alpha value is -0.590. The topological polar surface area (TPSA) is 17.1 Å². The molecule has 2 aliphatic rings. The summed E-state index contributed by atoms with van der Waals surface area (Å²) < 4.78 is 0. The second-order valence-corrected chi connectivity index (χ2v) is 5.85. The van der Waals surface area contributed by atoms with Gasteiger partial charge in [0.15, 0.2) is 5.78 Å². The van der Waals surface area contributed by atoms with Crippen molar-refractivity contribution in [1.29, 1.82) is 0 Å². The first kappa shape index (κ1) is 10.9. The van der Waals surface area contributed by atoms with Gasteiger partial charge in [-0.15, -0.1) is 0 Å². The predicted octanol–water partition coefficient (Wildman–Crippen LogP) is 3.74. The van der Waals surface area contributed by atoms with Crippen LogP contribution in [0.3, 0.4) is 0 Å². The molecule has 1 nitrogen and oxygen atoms in total. The van der Waals surface area contributed by atoms with Crippen LogP contribution in [-0.2, 0) is 4.79 Å². The highest BCUT2D eigenvalue weighted by molar-refractivity contribution is 6.00. The van der Waals surface area contributed by atoms with Gasteiger partial charge in [0.1, 0.15) is 0 Å². The van der Waals surface area contributed by atoms with Crippen molar-refractivity contribution in [2.24, 2.45) is 17.3 Å². The van der Waals surface area contributed by atoms with Gasteiger partial charge in [0.25, 0.3) is 0 Å². The van der Waals surface area contributed by atoms with Gasteiger partial charge in [-0.05, 0) is 49.5 Å². The first-order valence-electron chi connectivity index (χ1n) is 6.23. The Kier molecular flexibility index (Phi) is 2.52. The van der Waals surface area contributed by atoms with E-state index < -0.39 is 0 Å². The molecule has 0 aliphatic heterocycles. The molecule has 0 unspecified atom stereocenters. The molecule has 0 aromatic heterocycles. The zero-order chi connectivity index (χ0) is 11.2. The van der Waals surface area contributed by atoms with Crippen LogP contribution in [0.1, 0.15) is 53.4 Å². The van der Waals surface area contributed by atoms with E-state index in [1.165, 1.54) is 24.8 Å². The molecule has 0 bridgehead atoms. The molecular weight excluding hydrogens is 184 g/mol. The number of hydrogen-bond acceptors (Lipinski definition) is 1. The van der Waals surface area contributed by atoms with Gasteiger partial charge in [-0.25, -0.2) is 0 Å². The zero-order valence-corrected chi connectivity index (χ0v) is 10.4. The smallest absolute Gasteiger partial charge is 0.162 e. The molecule has 1 fully saturated rings. The Labute approximate surface area is 92.9 Å². The summed E-state index contributed by atoms with van der Waals surface area (Å²) in [6.07, 6.45) is 4.72. The van der Waals surface area contributed by atoms with Crippen molar-refractivity contribution in [3.63, 3.8) is 0 Å². The fourth-order valence-corrected chi connectivity index (χ4v) is 3.73. The minimum atomic E-state index is 0.287. The molecule has 0 amide bonds. The van der Waals surface area contributed by atoms with E-state index in [-0.39, 0.29) is 5.92 Å². The van der Waals surface area contributed by atoms with Crippen LogP contribution in [-0.4, -0.2) is 5.78 Å². The highest BCUT2D eigenvalue weighted by Crippen LogP contribution is 2.53. The number of allylic oxidation sites excluding steroid dienone is 2. The second-order valence-electron chi connectivity index (χ2n) is 5.85. The lowest BCUT2D eigenvalue weighted by Gasteiger charge is -2.41. The van der Waals surface area contributed by atoms with Crippen molar-refractivity contribution in [3.8, 4) is 0 Å². The van der Waals surface area contributed by atoms with Crippen LogP contribution < -0.4 is 0 Å². The average Bonchev–Trinajstić information content (AvgIpc) is 2.42. The van der Waals surface area contributed by atoms with Crippen LogP contribution in [0.5, 0.6) is 0 Å². The zero-order valence-electron chi connectivity index (χ0n) is 10.4. The predicted molar refractivity (Wildman–Crippen MR) is 62.6 cm³/mol. The van der Waals surface area contributed by atoms with E-state index in [1.54, 1.807) is 0 Å². The Morgan fingerprint density at radius 3 is 2.67 bits per heavy atom. The summed E-state index contributed by atoms with van der Waals surface area (Å²) >= 11 is 0. The maximum absolute atomic E-state index is 12.1. The van der Waals surface area contributed by atoms with E-state index in [0.717, 1.165) is 12.0 Å². The maximum Gasteiger partial charge on any atom is 0.162 e.